The van der Waals surface area contributed by atoms with E-state index in [0.717, 1.165) is 25.9 Å². The third kappa shape index (κ3) is 2.42. The summed E-state index contributed by atoms with van der Waals surface area (Å²) < 4.78 is 5.93. The smallest absolute Gasteiger partial charge is 0.0995 e. The van der Waals surface area contributed by atoms with Gasteiger partial charge in [0, 0.05) is 0 Å². The highest BCUT2D eigenvalue weighted by Crippen LogP contribution is 2.50. The lowest BCUT2D eigenvalue weighted by molar-refractivity contribution is -0.103. The van der Waals surface area contributed by atoms with Crippen molar-refractivity contribution in [2.24, 2.45) is 17.8 Å². The Bertz CT molecular complexity index is 263. The number of fused-ring (bicyclic) bond motifs is 2. The average molecular weight is 239 g/mol. The first-order valence-corrected chi connectivity index (χ1v) is 6.85. The van der Waals surface area contributed by atoms with Gasteiger partial charge < -0.3 is 9.84 Å². The maximum Gasteiger partial charge on any atom is 0.0995 e. The molecule has 0 spiro atoms. The Morgan fingerprint density at radius 3 is 2.59 bits per heavy atom. The zero-order valence-electron chi connectivity index (χ0n) is 11.0. The summed E-state index contributed by atoms with van der Waals surface area (Å²) in [5.41, 5.74) is 0. The highest BCUT2D eigenvalue weighted by molar-refractivity contribution is 5.06. The van der Waals surface area contributed by atoms with Gasteiger partial charge in [0.15, 0.2) is 0 Å². The van der Waals surface area contributed by atoms with Crippen LogP contribution in [0.25, 0.3) is 0 Å². The summed E-state index contributed by atoms with van der Waals surface area (Å²) in [5, 5.41) is 10.2. The molecular weight excluding hydrogens is 214 g/mol. The molecule has 3 heteroatoms. The minimum absolute atomic E-state index is 0.0526. The van der Waals surface area contributed by atoms with Crippen LogP contribution in [0.1, 0.15) is 26.7 Å². The number of aliphatic hydroxyl groups excluding tert-OH is 1. The number of nitrogens with zero attached hydrogens (tertiary/aromatic N) is 1. The molecule has 2 aliphatic carbocycles. The van der Waals surface area contributed by atoms with Crippen LogP contribution in [-0.4, -0.2) is 42.0 Å². The van der Waals surface area contributed by atoms with Crippen LogP contribution >= 0.6 is 0 Å². The van der Waals surface area contributed by atoms with E-state index in [1.165, 1.54) is 0 Å². The average Bonchev–Trinajstić information content (AvgIpc) is 2.89. The van der Waals surface area contributed by atoms with Crippen LogP contribution in [0.3, 0.4) is 0 Å². The van der Waals surface area contributed by atoms with Crippen molar-refractivity contribution in [1.82, 2.24) is 4.90 Å². The minimum atomic E-state index is -0.285. The van der Waals surface area contributed by atoms with Gasteiger partial charge in [-0.25, -0.2) is 0 Å². The molecule has 3 nitrogen and oxygen atoms in total. The van der Waals surface area contributed by atoms with E-state index in [9.17, 15) is 5.11 Å². The summed E-state index contributed by atoms with van der Waals surface area (Å²) >= 11 is 0. The lowest BCUT2D eigenvalue weighted by Crippen LogP contribution is -2.40. The molecule has 98 valence electrons. The predicted octanol–water partition coefficient (Wildman–Crippen LogP) is 1.87. The van der Waals surface area contributed by atoms with Crippen LogP contribution in [0.15, 0.2) is 12.7 Å². The lowest BCUT2D eigenvalue weighted by atomic mass is 9.85. The molecule has 2 rings (SSSR count). The molecule has 0 radical (unpaired) electrons. The minimum Gasteiger partial charge on any atom is -0.390 e. The highest BCUT2D eigenvalue weighted by Gasteiger charge is 2.51. The molecule has 1 N–H and O–H groups in total. The molecule has 5 atom stereocenters. The quantitative estimate of drug-likeness (QED) is 0.567. The second-order valence-corrected chi connectivity index (χ2v) is 5.35. The van der Waals surface area contributed by atoms with E-state index in [1.54, 1.807) is 0 Å². The molecule has 5 unspecified atom stereocenters. The van der Waals surface area contributed by atoms with Crippen molar-refractivity contribution in [3.05, 3.63) is 12.7 Å². The first kappa shape index (κ1) is 13.1. The first-order valence-electron chi connectivity index (χ1n) is 6.85. The predicted molar refractivity (Wildman–Crippen MR) is 68.6 cm³/mol. The highest BCUT2D eigenvalue weighted by atomic mass is 16.5. The molecule has 2 aliphatic rings. The molecule has 2 saturated carbocycles. The Morgan fingerprint density at radius 1 is 1.35 bits per heavy atom. The summed E-state index contributed by atoms with van der Waals surface area (Å²) in [6.07, 6.45) is 4.03. The van der Waals surface area contributed by atoms with Gasteiger partial charge in [-0.05, 0) is 43.7 Å². The zero-order valence-corrected chi connectivity index (χ0v) is 11.0. The van der Waals surface area contributed by atoms with Crippen LogP contribution in [0, 0.1) is 17.8 Å². The van der Waals surface area contributed by atoms with Gasteiger partial charge in [0.25, 0.3) is 0 Å². The molecule has 0 aromatic carbocycles. The van der Waals surface area contributed by atoms with Gasteiger partial charge in [-0.15, -0.1) is 6.58 Å². The number of ether oxygens (including phenoxy) is 1. The fraction of sp³-hybridized carbons (Fsp3) is 0.857. The van der Waals surface area contributed by atoms with E-state index in [4.69, 9.17) is 4.74 Å². The van der Waals surface area contributed by atoms with Crippen LogP contribution in [0.2, 0.25) is 0 Å². The van der Waals surface area contributed by atoms with Crippen LogP contribution in [-0.2, 0) is 4.74 Å². The van der Waals surface area contributed by atoms with E-state index < -0.39 is 0 Å². The Kier molecular flexibility index (Phi) is 4.23. The van der Waals surface area contributed by atoms with Crippen molar-refractivity contribution < 1.29 is 9.84 Å². The molecule has 0 saturated heterocycles. The monoisotopic (exact) mass is 239 g/mol. The molecule has 0 aromatic heterocycles. The molecule has 0 aromatic rings. The standard InChI is InChI=1S/C14H25NO2/c1-4-10-7-11-8-12(10)13(16)14(11)17-9-15(5-2)6-3/h4,10-14,16H,1,5-9H2,2-3H3. The van der Waals surface area contributed by atoms with Gasteiger partial charge in [0.2, 0.25) is 0 Å². The maximum absolute atomic E-state index is 10.2. The Balaban J connectivity index is 1.86. The summed E-state index contributed by atoms with van der Waals surface area (Å²) in [7, 11) is 0. The van der Waals surface area contributed by atoms with Crippen molar-refractivity contribution in [3.8, 4) is 0 Å². The number of rotatable bonds is 6. The van der Waals surface area contributed by atoms with E-state index in [2.05, 4.69) is 25.3 Å². The van der Waals surface area contributed by atoms with Gasteiger partial charge in [-0.2, -0.15) is 0 Å². The molecule has 17 heavy (non-hydrogen) atoms. The number of allylic oxidation sites excluding steroid dienone is 1. The Morgan fingerprint density at radius 2 is 2.06 bits per heavy atom. The topological polar surface area (TPSA) is 32.7 Å². The maximum atomic E-state index is 10.2. The van der Waals surface area contributed by atoms with Crippen molar-refractivity contribution >= 4 is 0 Å². The third-order valence-corrected chi connectivity index (χ3v) is 4.59. The summed E-state index contributed by atoms with van der Waals surface area (Å²) in [5.74, 6) is 1.43. The van der Waals surface area contributed by atoms with Gasteiger partial charge in [-0.3, -0.25) is 4.90 Å². The SMILES string of the molecule is C=CC1CC2CC1C(O)C2OCN(CC)CC. The second-order valence-electron chi connectivity index (χ2n) is 5.35. The molecular formula is C14H25NO2. The largest absolute Gasteiger partial charge is 0.390 e. The number of aliphatic hydroxyl groups is 1. The normalized spacial score (nSPS) is 40.1. The Labute approximate surface area is 104 Å². The second kappa shape index (κ2) is 5.51. The summed E-state index contributed by atoms with van der Waals surface area (Å²) in [4.78, 5) is 2.24. The molecule has 2 fully saturated rings. The van der Waals surface area contributed by atoms with Crippen molar-refractivity contribution in [3.63, 3.8) is 0 Å². The van der Waals surface area contributed by atoms with Crippen molar-refractivity contribution in [2.45, 2.75) is 38.9 Å². The van der Waals surface area contributed by atoms with Gasteiger partial charge in [0.1, 0.15) is 0 Å². The van der Waals surface area contributed by atoms with Gasteiger partial charge >= 0.3 is 0 Å². The fourth-order valence-corrected chi connectivity index (χ4v) is 3.43. The molecule has 0 amide bonds. The first-order chi connectivity index (χ1) is 8.21. The third-order valence-electron chi connectivity index (χ3n) is 4.59. The lowest BCUT2D eigenvalue weighted by Gasteiger charge is -2.32. The fourth-order valence-electron chi connectivity index (χ4n) is 3.43. The van der Waals surface area contributed by atoms with Crippen LogP contribution < -0.4 is 0 Å². The van der Waals surface area contributed by atoms with E-state index in [0.29, 0.717) is 24.5 Å². The van der Waals surface area contributed by atoms with Gasteiger partial charge in [-0.1, -0.05) is 19.9 Å². The molecule has 0 heterocycles. The van der Waals surface area contributed by atoms with Crippen LogP contribution in [0.5, 0.6) is 0 Å². The van der Waals surface area contributed by atoms with E-state index in [1.807, 2.05) is 6.08 Å². The number of hydrogen-bond acceptors (Lipinski definition) is 3. The molecule has 0 aliphatic heterocycles. The molecule has 2 bridgehead atoms. The van der Waals surface area contributed by atoms with Crippen molar-refractivity contribution in [2.75, 3.05) is 19.8 Å². The summed E-state index contributed by atoms with van der Waals surface area (Å²) in [6, 6.07) is 0. The van der Waals surface area contributed by atoms with E-state index >= 15 is 0 Å². The van der Waals surface area contributed by atoms with Crippen molar-refractivity contribution in [1.29, 1.82) is 0 Å². The van der Waals surface area contributed by atoms with Crippen LogP contribution in [0.4, 0.5) is 0 Å². The summed E-state index contributed by atoms with van der Waals surface area (Å²) in [6.45, 7) is 10.8. The number of hydrogen-bond donors (Lipinski definition) is 1. The zero-order chi connectivity index (χ0) is 12.4. The Hall–Kier alpha value is -0.380. The van der Waals surface area contributed by atoms with Gasteiger partial charge in [0.05, 0.1) is 18.9 Å². The van der Waals surface area contributed by atoms with E-state index in [-0.39, 0.29) is 12.2 Å².